The minimum atomic E-state index is 0.0230. The fourth-order valence-electron chi connectivity index (χ4n) is 2.73. The molecule has 0 fully saturated rings. The average Bonchev–Trinajstić information content (AvgIpc) is 3.00. The van der Waals surface area contributed by atoms with E-state index in [2.05, 4.69) is 4.98 Å². The summed E-state index contributed by atoms with van der Waals surface area (Å²) in [6.45, 7) is 0.474. The third-order valence-corrected chi connectivity index (χ3v) is 4.88. The molecule has 0 aliphatic heterocycles. The third kappa shape index (κ3) is 3.91. The molecule has 0 spiro atoms. The van der Waals surface area contributed by atoms with Gasteiger partial charge in [-0.1, -0.05) is 29.3 Å². The Morgan fingerprint density at radius 3 is 2.68 bits per heavy atom. The molecule has 3 aromatic rings. The zero-order valence-electron chi connectivity index (χ0n) is 14.0. The number of hydrogen-bond acceptors (Lipinski definition) is 2. The molecule has 0 atom stereocenters. The summed E-state index contributed by atoms with van der Waals surface area (Å²) in [5.41, 5.74) is 2.86. The van der Waals surface area contributed by atoms with Crippen LogP contribution in [-0.4, -0.2) is 29.9 Å². The zero-order valence-corrected chi connectivity index (χ0v) is 15.5. The molecule has 0 aliphatic carbocycles. The standard InChI is InChI=1S/C19H18Cl2N2O2/c1-23(11-12-3-5-16(20)17(21)7-12)19(24)8-13-10-22-18-6-4-14(25-2)9-15(13)18/h3-7,9-10,22H,8,11H2,1-2H3. The summed E-state index contributed by atoms with van der Waals surface area (Å²) in [7, 11) is 3.41. The number of benzene rings is 2. The second kappa shape index (κ2) is 7.38. The number of halogens is 2. The van der Waals surface area contributed by atoms with Crippen LogP contribution in [0.1, 0.15) is 11.1 Å². The van der Waals surface area contributed by atoms with Crippen molar-refractivity contribution < 1.29 is 9.53 Å². The molecular weight excluding hydrogens is 359 g/mol. The summed E-state index contributed by atoms with van der Waals surface area (Å²) in [5.74, 6) is 0.791. The molecule has 0 saturated heterocycles. The summed E-state index contributed by atoms with van der Waals surface area (Å²) >= 11 is 12.0. The van der Waals surface area contributed by atoms with E-state index in [1.54, 1.807) is 31.2 Å². The normalized spacial score (nSPS) is 10.9. The fourth-order valence-corrected chi connectivity index (χ4v) is 3.05. The number of methoxy groups -OCH3 is 1. The minimum Gasteiger partial charge on any atom is -0.497 e. The van der Waals surface area contributed by atoms with Crippen LogP contribution in [0.15, 0.2) is 42.6 Å². The summed E-state index contributed by atoms with van der Waals surface area (Å²) in [5, 5.41) is 1.99. The maximum absolute atomic E-state index is 12.6. The molecule has 0 radical (unpaired) electrons. The number of nitrogens with zero attached hydrogens (tertiary/aromatic N) is 1. The molecule has 3 rings (SSSR count). The molecule has 0 saturated carbocycles. The molecule has 1 heterocycles. The van der Waals surface area contributed by atoms with Crippen LogP contribution in [0.4, 0.5) is 0 Å². The molecule has 25 heavy (non-hydrogen) atoms. The number of carbonyl (C=O) groups is 1. The van der Waals surface area contributed by atoms with Gasteiger partial charge in [0.15, 0.2) is 0 Å². The lowest BCUT2D eigenvalue weighted by Gasteiger charge is -2.17. The Morgan fingerprint density at radius 1 is 1.16 bits per heavy atom. The Kier molecular flexibility index (Phi) is 5.21. The number of likely N-dealkylation sites (N-methyl/N-ethyl adjacent to an activating group) is 1. The summed E-state index contributed by atoms with van der Waals surface area (Å²) in [4.78, 5) is 17.5. The molecule has 130 valence electrons. The van der Waals surface area contributed by atoms with Gasteiger partial charge < -0.3 is 14.6 Å². The van der Waals surface area contributed by atoms with Crippen molar-refractivity contribution in [1.29, 1.82) is 0 Å². The summed E-state index contributed by atoms with van der Waals surface area (Å²) in [6, 6.07) is 11.2. The number of aromatic amines is 1. The van der Waals surface area contributed by atoms with E-state index in [1.807, 2.05) is 30.5 Å². The number of ether oxygens (including phenoxy) is 1. The van der Waals surface area contributed by atoms with Gasteiger partial charge in [0.2, 0.25) is 5.91 Å². The van der Waals surface area contributed by atoms with Gasteiger partial charge in [-0.25, -0.2) is 0 Å². The maximum atomic E-state index is 12.6. The van der Waals surface area contributed by atoms with E-state index < -0.39 is 0 Å². The van der Waals surface area contributed by atoms with Gasteiger partial charge in [-0.05, 0) is 41.5 Å². The molecule has 2 aromatic carbocycles. The van der Waals surface area contributed by atoms with Crippen molar-refractivity contribution >= 4 is 40.0 Å². The maximum Gasteiger partial charge on any atom is 0.227 e. The van der Waals surface area contributed by atoms with Crippen LogP contribution in [0.5, 0.6) is 5.75 Å². The van der Waals surface area contributed by atoms with Gasteiger partial charge in [-0.2, -0.15) is 0 Å². The molecule has 1 amide bonds. The quantitative estimate of drug-likeness (QED) is 0.702. The molecule has 1 aromatic heterocycles. The van der Waals surface area contributed by atoms with E-state index in [0.717, 1.165) is 27.8 Å². The molecule has 1 N–H and O–H groups in total. The topological polar surface area (TPSA) is 45.3 Å². The monoisotopic (exact) mass is 376 g/mol. The Labute approximate surface area is 156 Å². The predicted octanol–water partition coefficient (Wildman–Crippen LogP) is 4.68. The number of amides is 1. The van der Waals surface area contributed by atoms with Crippen LogP contribution in [0, 0.1) is 0 Å². The first-order chi connectivity index (χ1) is 12.0. The van der Waals surface area contributed by atoms with Gasteiger partial charge in [0, 0.05) is 30.7 Å². The fraction of sp³-hybridized carbons (Fsp3) is 0.211. The first-order valence-corrected chi connectivity index (χ1v) is 8.55. The Morgan fingerprint density at radius 2 is 1.96 bits per heavy atom. The van der Waals surface area contributed by atoms with Gasteiger partial charge in [0.05, 0.1) is 23.6 Å². The Bertz CT molecular complexity index is 921. The lowest BCUT2D eigenvalue weighted by molar-refractivity contribution is -0.129. The number of aromatic nitrogens is 1. The minimum absolute atomic E-state index is 0.0230. The largest absolute Gasteiger partial charge is 0.497 e. The van der Waals surface area contributed by atoms with Gasteiger partial charge in [0.1, 0.15) is 5.75 Å². The molecular formula is C19H18Cl2N2O2. The lowest BCUT2D eigenvalue weighted by atomic mass is 10.1. The molecule has 6 heteroatoms. The summed E-state index contributed by atoms with van der Waals surface area (Å²) < 4.78 is 5.27. The van der Waals surface area contributed by atoms with E-state index in [1.165, 1.54) is 0 Å². The number of H-pyrrole nitrogens is 1. The number of carbonyl (C=O) groups excluding carboxylic acids is 1. The van der Waals surface area contributed by atoms with Crippen molar-refractivity contribution in [2.45, 2.75) is 13.0 Å². The van der Waals surface area contributed by atoms with Crippen molar-refractivity contribution in [3.63, 3.8) is 0 Å². The van der Waals surface area contributed by atoms with Gasteiger partial charge in [0.25, 0.3) is 0 Å². The zero-order chi connectivity index (χ0) is 18.0. The second-order valence-corrected chi connectivity index (χ2v) is 6.71. The van der Waals surface area contributed by atoms with Crippen molar-refractivity contribution in [2.75, 3.05) is 14.2 Å². The van der Waals surface area contributed by atoms with Crippen LogP contribution < -0.4 is 4.74 Å². The number of hydrogen-bond donors (Lipinski definition) is 1. The molecule has 0 bridgehead atoms. The highest BCUT2D eigenvalue weighted by Crippen LogP contribution is 2.25. The van der Waals surface area contributed by atoms with E-state index in [-0.39, 0.29) is 5.91 Å². The average molecular weight is 377 g/mol. The first-order valence-electron chi connectivity index (χ1n) is 7.80. The van der Waals surface area contributed by atoms with Gasteiger partial charge >= 0.3 is 0 Å². The highest BCUT2D eigenvalue weighted by molar-refractivity contribution is 6.42. The highest BCUT2D eigenvalue weighted by Gasteiger charge is 2.14. The van der Waals surface area contributed by atoms with E-state index in [4.69, 9.17) is 27.9 Å². The lowest BCUT2D eigenvalue weighted by Crippen LogP contribution is -2.27. The predicted molar refractivity (Wildman–Crippen MR) is 101 cm³/mol. The Hall–Kier alpha value is -2.17. The second-order valence-electron chi connectivity index (χ2n) is 5.90. The van der Waals surface area contributed by atoms with Crippen LogP contribution in [0.2, 0.25) is 10.0 Å². The SMILES string of the molecule is COc1ccc2[nH]cc(CC(=O)N(C)Cc3ccc(Cl)c(Cl)c3)c2c1. The summed E-state index contributed by atoms with van der Waals surface area (Å²) in [6.07, 6.45) is 2.18. The van der Waals surface area contributed by atoms with E-state index in [9.17, 15) is 4.79 Å². The van der Waals surface area contributed by atoms with Crippen LogP contribution >= 0.6 is 23.2 Å². The smallest absolute Gasteiger partial charge is 0.227 e. The van der Waals surface area contributed by atoms with Crippen molar-refractivity contribution in [3.05, 3.63) is 63.8 Å². The van der Waals surface area contributed by atoms with Crippen molar-refractivity contribution in [3.8, 4) is 5.75 Å². The first kappa shape index (κ1) is 17.6. The van der Waals surface area contributed by atoms with E-state index >= 15 is 0 Å². The van der Waals surface area contributed by atoms with Crippen LogP contribution in [-0.2, 0) is 17.8 Å². The Balaban J connectivity index is 1.74. The van der Waals surface area contributed by atoms with Gasteiger partial charge in [-0.15, -0.1) is 0 Å². The number of rotatable bonds is 5. The van der Waals surface area contributed by atoms with Crippen molar-refractivity contribution in [1.82, 2.24) is 9.88 Å². The van der Waals surface area contributed by atoms with Crippen LogP contribution in [0.25, 0.3) is 10.9 Å². The highest BCUT2D eigenvalue weighted by atomic mass is 35.5. The molecule has 0 unspecified atom stereocenters. The molecule has 4 nitrogen and oxygen atoms in total. The number of nitrogens with one attached hydrogen (secondary N) is 1. The van der Waals surface area contributed by atoms with Gasteiger partial charge in [-0.3, -0.25) is 4.79 Å². The number of fused-ring (bicyclic) bond motifs is 1. The van der Waals surface area contributed by atoms with Crippen molar-refractivity contribution in [2.24, 2.45) is 0 Å². The third-order valence-electron chi connectivity index (χ3n) is 4.15. The molecule has 0 aliphatic rings. The van der Waals surface area contributed by atoms with Crippen LogP contribution in [0.3, 0.4) is 0 Å². The van der Waals surface area contributed by atoms with E-state index in [0.29, 0.717) is 23.0 Å².